The predicted molar refractivity (Wildman–Crippen MR) is 103 cm³/mol. The van der Waals surface area contributed by atoms with Crippen molar-refractivity contribution in [2.24, 2.45) is 0 Å². The van der Waals surface area contributed by atoms with Crippen LogP contribution in [0.1, 0.15) is 26.5 Å². The van der Waals surface area contributed by atoms with Crippen LogP contribution >= 0.6 is 11.3 Å². The summed E-state index contributed by atoms with van der Waals surface area (Å²) in [5, 5.41) is 2.43. The van der Waals surface area contributed by atoms with Gasteiger partial charge in [-0.1, -0.05) is 29.5 Å². The number of rotatable bonds is 5. The first-order valence-corrected chi connectivity index (χ1v) is 9.99. The standard InChI is InChI=1S/C19H20F3N3O4S/c1-12-16(17(27)23-10-13-4-2-3-5-14(13)19(20,21)22)30-18(28)25(12)11-15(26)24-6-8-29-9-7-24/h2-5H,6-11H2,1H3,(H,23,27). The third kappa shape index (κ3) is 4.90. The number of nitrogens with zero attached hydrogens (tertiary/aromatic N) is 2. The lowest BCUT2D eigenvalue weighted by Gasteiger charge is -2.27. The summed E-state index contributed by atoms with van der Waals surface area (Å²) in [5.74, 6) is -0.920. The zero-order valence-corrected chi connectivity index (χ0v) is 16.9. The Hall–Kier alpha value is -2.66. The molecule has 30 heavy (non-hydrogen) atoms. The minimum Gasteiger partial charge on any atom is -0.378 e. The second-order valence-electron chi connectivity index (χ2n) is 6.70. The van der Waals surface area contributed by atoms with Gasteiger partial charge in [-0.15, -0.1) is 0 Å². The van der Waals surface area contributed by atoms with Crippen LogP contribution in [0.15, 0.2) is 29.1 Å². The van der Waals surface area contributed by atoms with Crippen LogP contribution in [0.25, 0.3) is 0 Å². The van der Waals surface area contributed by atoms with Gasteiger partial charge < -0.3 is 15.0 Å². The van der Waals surface area contributed by atoms with E-state index in [1.807, 2.05) is 0 Å². The molecular weight excluding hydrogens is 423 g/mol. The van der Waals surface area contributed by atoms with Crippen molar-refractivity contribution in [3.63, 3.8) is 0 Å². The summed E-state index contributed by atoms with van der Waals surface area (Å²) in [7, 11) is 0. The Balaban J connectivity index is 1.71. The van der Waals surface area contributed by atoms with E-state index in [4.69, 9.17) is 4.74 Å². The van der Waals surface area contributed by atoms with Crippen molar-refractivity contribution < 1.29 is 27.5 Å². The SMILES string of the molecule is Cc1c(C(=O)NCc2ccccc2C(F)(F)F)sc(=O)n1CC(=O)N1CCOCC1. The first-order chi connectivity index (χ1) is 14.2. The van der Waals surface area contributed by atoms with Crippen LogP contribution < -0.4 is 10.2 Å². The molecule has 1 N–H and O–H groups in total. The molecule has 162 valence electrons. The number of carbonyl (C=O) groups is 2. The van der Waals surface area contributed by atoms with Gasteiger partial charge in [-0.3, -0.25) is 19.0 Å². The number of hydrogen-bond donors (Lipinski definition) is 1. The average molecular weight is 443 g/mol. The Morgan fingerprint density at radius 2 is 1.87 bits per heavy atom. The molecule has 1 aromatic carbocycles. The van der Waals surface area contributed by atoms with Gasteiger partial charge in [0.2, 0.25) is 5.91 Å². The van der Waals surface area contributed by atoms with Crippen LogP contribution in [0.2, 0.25) is 0 Å². The molecule has 1 saturated heterocycles. The third-order valence-corrected chi connectivity index (χ3v) is 5.85. The first-order valence-electron chi connectivity index (χ1n) is 9.17. The normalized spacial score (nSPS) is 14.6. The van der Waals surface area contributed by atoms with Crippen LogP contribution in [-0.4, -0.2) is 47.6 Å². The summed E-state index contributed by atoms with van der Waals surface area (Å²) in [4.78, 5) is 38.4. The van der Waals surface area contributed by atoms with Gasteiger partial charge in [-0.05, 0) is 18.6 Å². The molecule has 1 fully saturated rings. The highest BCUT2D eigenvalue weighted by Gasteiger charge is 2.33. The van der Waals surface area contributed by atoms with Crippen LogP contribution in [0.3, 0.4) is 0 Å². The van der Waals surface area contributed by atoms with Crippen LogP contribution in [0.4, 0.5) is 13.2 Å². The Kier molecular flexibility index (Phi) is 6.61. The summed E-state index contributed by atoms with van der Waals surface area (Å²) in [6.07, 6.45) is -4.54. The van der Waals surface area contributed by atoms with Crippen LogP contribution in [-0.2, 0) is 28.8 Å². The van der Waals surface area contributed by atoms with E-state index >= 15 is 0 Å². The maximum atomic E-state index is 13.1. The van der Waals surface area contributed by atoms with E-state index in [-0.39, 0.29) is 29.4 Å². The number of morpholine rings is 1. The maximum absolute atomic E-state index is 13.1. The third-order valence-electron chi connectivity index (χ3n) is 4.77. The van der Waals surface area contributed by atoms with E-state index in [1.165, 1.54) is 29.7 Å². The van der Waals surface area contributed by atoms with Gasteiger partial charge in [0, 0.05) is 25.3 Å². The highest BCUT2D eigenvalue weighted by atomic mass is 32.1. The van der Waals surface area contributed by atoms with E-state index in [0.29, 0.717) is 43.3 Å². The van der Waals surface area contributed by atoms with Crippen molar-refractivity contribution in [3.05, 3.63) is 55.6 Å². The van der Waals surface area contributed by atoms with Crippen LogP contribution in [0.5, 0.6) is 0 Å². The molecule has 1 aliphatic heterocycles. The second-order valence-corrected chi connectivity index (χ2v) is 7.66. The molecule has 3 rings (SSSR count). The lowest BCUT2D eigenvalue weighted by Crippen LogP contribution is -2.43. The molecule has 0 aliphatic carbocycles. The molecule has 2 aromatic rings. The molecular formula is C19H20F3N3O4S. The smallest absolute Gasteiger partial charge is 0.378 e. The zero-order valence-electron chi connectivity index (χ0n) is 16.1. The Labute approximate surface area is 174 Å². The lowest BCUT2D eigenvalue weighted by atomic mass is 10.1. The molecule has 1 aromatic heterocycles. The van der Waals surface area contributed by atoms with Crippen molar-refractivity contribution in [2.45, 2.75) is 26.2 Å². The van der Waals surface area contributed by atoms with Gasteiger partial charge in [-0.25, -0.2) is 0 Å². The molecule has 2 heterocycles. The molecule has 0 unspecified atom stereocenters. The van der Waals surface area contributed by atoms with Gasteiger partial charge in [0.15, 0.2) is 0 Å². The Bertz CT molecular complexity index is 994. The predicted octanol–water partition coefficient (Wildman–Crippen LogP) is 2.03. The summed E-state index contributed by atoms with van der Waals surface area (Å²) in [6.45, 7) is 2.71. The topological polar surface area (TPSA) is 80.6 Å². The fourth-order valence-electron chi connectivity index (χ4n) is 3.12. The number of carbonyl (C=O) groups excluding carboxylic acids is 2. The van der Waals surface area contributed by atoms with Gasteiger partial charge >= 0.3 is 11.0 Å². The number of hydrogen-bond acceptors (Lipinski definition) is 5. The molecule has 7 nitrogen and oxygen atoms in total. The number of aromatic nitrogens is 1. The van der Waals surface area contributed by atoms with Crippen molar-refractivity contribution in [2.75, 3.05) is 26.3 Å². The van der Waals surface area contributed by atoms with E-state index in [1.54, 1.807) is 4.90 Å². The van der Waals surface area contributed by atoms with Gasteiger partial charge in [0.25, 0.3) is 5.91 Å². The quantitative estimate of drug-likeness (QED) is 0.767. The van der Waals surface area contributed by atoms with Crippen molar-refractivity contribution >= 4 is 23.2 Å². The number of nitrogens with one attached hydrogen (secondary N) is 1. The number of benzene rings is 1. The first kappa shape index (κ1) is 22.0. The highest BCUT2D eigenvalue weighted by molar-refractivity contribution is 7.11. The lowest BCUT2D eigenvalue weighted by molar-refractivity contribution is -0.138. The molecule has 11 heteroatoms. The van der Waals surface area contributed by atoms with Gasteiger partial charge in [0.05, 0.1) is 18.8 Å². The van der Waals surface area contributed by atoms with E-state index in [2.05, 4.69) is 5.32 Å². The maximum Gasteiger partial charge on any atom is 0.416 e. The summed E-state index contributed by atoms with van der Waals surface area (Å²) in [6, 6.07) is 4.95. The van der Waals surface area contributed by atoms with Crippen molar-refractivity contribution in [1.29, 1.82) is 0 Å². The zero-order chi connectivity index (χ0) is 21.9. The van der Waals surface area contributed by atoms with E-state index < -0.39 is 22.5 Å². The second kappa shape index (κ2) is 9.00. The fourth-order valence-corrected chi connectivity index (χ4v) is 4.03. The fraction of sp³-hybridized carbons (Fsp3) is 0.421. The molecule has 1 aliphatic rings. The number of halogens is 3. The van der Waals surface area contributed by atoms with E-state index in [9.17, 15) is 27.6 Å². The molecule has 0 radical (unpaired) electrons. The van der Waals surface area contributed by atoms with Gasteiger partial charge in [-0.2, -0.15) is 13.2 Å². The molecule has 2 amide bonds. The Morgan fingerprint density at radius 3 is 2.53 bits per heavy atom. The molecule has 0 atom stereocenters. The van der Waals surface area contributed by atoms with Crippen LogP contribution in [0, 0.1) is 6.92 Å². The number of ether oxygens (including phenoxy) is 1. The number of alkyl halides is 3. The molecule has 0 bridgehead atoms. The number of amides is 2. The summed E-state index contributed by atoms with van der Waals surface area (Å²) < 4.78 is 45.7. The monoisotopic (exact) mass is 443 g/mol. The summed E-state index contributed by atoms with van der Waals surface area (Å²) in [5.41, 5.74) is -0.609. The van der Waals surface area contributed by atoms with Crippen molar-refractivity contribution in [1.82, 2.24) is 14.8 Å². The molecule has 0 saturated carbocycles. The Morgan fingerprint density at radius 1 is 1.20 bits per heavy atom. The minimum absolute atomic E-state index is 0.0688. The van der Waals surface area contributed by atoms with Crippen molar-refractivity contribution in [3.8, 4) is 0 Å². The number of thiazole rings is 1. The molecule has 0 spiro atoms. The average Bonchev–Trinajstić information content (AvgIpc) is 3.00. The highest BCUT2D eigenvalue weighted by Crippen LogP contribution is 2.31. The van der Waals surface area contributed by atoms with E-state index in [0.717, 1.165) is 6.07 Å². The largest absolute Gasteiger partial charge is 0.416 e. The minimum atomic E-state index is -4.54. The summed E-state index contributed by atoms with van der Waals surface area (Å²) >= 11 is 0.660. The van der Waals surface area contributed by atoms with Gasteiger partial charge in [0.1, 0.15) is 11.4 Å².